The minimum atomic E-state index is -1.22. The molecule has 7 nitrogen and oxygen atoms in total. The molecule has 0 saturated carbocycles. The molecule has 1 aliphatic rings. The number of nitrogens with one attached hydrogen (secondary N) is 2. The Kier molecular flexibility index (Phi) is 6.63. The number of rotatable bonds is 8. The third-order valence-corrected chi connectivity index (χ3v) is 6.16. The summed E-state index contributed by atoms with van der Waals surface area (Å²) in [6.45, 7) is 1.45. The van der Waals surface area contributed by atoms with Crippen LogP contribution in [-0.2, 0) is 15.1 Å². The minimum absolute atomic E-state index is 0.346. The second-order valence-electron chi connectivity index (χ2n) is 8.13. The van der Waals surface area contributed by atoms with Gasteiger partial charge in [0.15, 0.2) is 0 Å². The van der Waals surface area contributed by atoms with Gasteiger partial charge in [-0.15, -0.1) is 0 Å². The maximum Gasteiger partial charge on any atom is 0.325 e. The Labute approximate surface area is 198 Å². The zero-order valence-corrected chi connectivity index (χ0v) is 19.2. The van der Waals surface area contributed by atoms with Crippen LogP contribution in [0.3, 0.4) is 0 Å². The van der Waals surface area contributed by atoms with Crippen LogP contribution in [0.4, 0.5) is 4.79 Å². The molecule has 1 atom stereocenters. The monoisotopic (exact) mass is 457 g/mol. The summed E-state index contributed by atoms with van der Waals surface area (Å²) in [5, 5.41) is 5.80. The van der Waals surface area contributed by atoms with Gasteiger partial charge in [-0.25, -0.2) is 4.79 Å². The highest BCUT2D eigenvalue weighted by Crippen LogP contribution is 2.33. The lowest BCUT2D eigenvalue weighted by Gasteiger charge is -2.26. The van der Waals surface area contributed by atoms with E-state index in [9.17, 15) is 14.4 Å². The average Bonchev–Trinajstić information content (AvgIpc) is 3.13. The quantitative estimate of drug-likeness (QED) is 0.504. The van der Waals surface area contributed by atoms with E-state index in [0.717, 1.165) is 16.0 Å². The van der Waals surface area contributed by atoms with Gasteiger partial charge in [0.2, 0.25) is 5.91 Å². The second kappa shape index (κ2) is 9.79. The second-order valence-corrected chi connectivity index (χ2v) is 8.13. The number of nitrogens with zero attached hydrogens (tertiary/aromatic N) is 1. The van der Waals surface area contributed by atoms with E-state index in [1.165, 1.54) is 0 Å². The molecule has 0 bridgehead atoms. The SMILES string of the molecule is CCC1(c2ccc(OC)cc2)NC(=O)N(CC(=O)NC(c2ccccc2)c2ccccc2)C1=O. The third kappa shape index (κ3) is 4.37. The van der Waals surface area contributed by atoms with Crippen LogP contribution in [-0.4, -0.2) is 36.4 Å². The Hall–Kier alpha value is -4.13. The summed E-state index contributed by atoms with van der Waals surface area (Å²) in [6, 6.07) is 25.1. The molecule has 34 heavy (non-hydrogen) atoms. The highest BCUT2D eigenvalue weighted by molar-refractivity contribution is 6.09. The first-order chi connectivity index (χ1) is 16.5. The zero-order chi connectivity index (χ0) is 24.1. The van der Waals surface area contributed by atoms with Crippen LogP contribution in [0.1, 0.15) is 36.1 Å². The number of urea groups is 1. The summed E-state index contributed by atoms with van der Waals surface area (Å²) < 4.78 is 5.19. The van der Waals surface area contributed by atoms with E-state index in [1.807, 2.05) is 67.6 Å². The number of carbonyl (C=O) groups excluding carboxylic acids is 3. The van der Waals surface area contributed by atoms with Gasteiger partial charge in [0, 0.05) is 0 Å². The molecule has 1 heterocycles. The first-order valence-electron chi connectivity index (χ1n) is 11.2. The maximum absolute atomic E-state index is 13.4. The minimum Gasteiger partial charge on any atom is -0.497 e. The van der Waals surface area contributed by atoms with Gasteiger partial charge in [0.25, 0.3) is 5.91 Å². The third-order valence-electron chi connectivity index (χ3n) is 6.16. The van der Waals surface area contributed by atoms with Gasteiger partial charge in [-0.3, -0.25) is 14.5 Å². The molecular formula is C27H27N3O4. The zero-order valence-electron chi connectivity index (χ0n) is 19.2. The van der Waals surface area contributed by atoms with E-state index in [0.29, 0.717) is 17.7 Å². The summed E-state index contributed by atoms with van der Waals surface area (Å²) in [5.41, 5.74) is 1.23. The Morgan fingerprint density at radius 2 is 1.50 bits per heavy atom. The van der Waals surface area contributed by atoms with Crippen molar-refractivity contribution in [1.82, 2.24) is 15.5 Å². The fourth-order valence-corrected chi connectivity index (χ4v) is 4.28. The molecule has 174 valence electrons. The number of carbonyl (C=O) groups is 3. The molecule has 7 heteroatoms. The first-order valence-corrected chi connectivity index (χ1v) is 11.2. The van der Waals surface area contributed by atoms with E-state index in [2.05, 4.69) is 10.6 Å². The lowest BCUT2D eigenvalue weighted by atomic mass is 9.87. The summed E-state index contributed by atoms with van der Waals surface area (Å²) >= 11 is 0. The van der Waals surface area contributed by atoms with Gasteiger partial charge in [-0.1, -0.05) is 79.7 Å². The van der Waals surface area contributed by atoms with Crippen molar-refractivity contribution < 1.29 is 19.1 Å². The summed E-state index contributed by atoms with van der Waals surface area (Å²) in [6.07, 6.45) is 0.346. The van der Waals surface area contributed by atoms with Crippen molar-refractivity contribution in [3.8, 4) is 5.75 Å². The number of methoxy groups -OCH3 is 1. The average molecular weight is 458 g/mol. The molecular weight excluding hydrogens is 430 g/mol. The molecule has 1 fully saturated rings. The van der Waals surface area contributed by atoms with E-state index in [-0.39, 0.29) is 6.54 Å². The molecule has 1 aliphatic heterocycles. The fraction of sp³-hybridized carbons (Fsp3) is 0.222. The molecule has 4 rings (SSSR count). The highest BCUT2D eigenvalue weighted by atomic mass is 16.5. The van der Waals surface area contributed by atoms with Crippen LogP contribution in [0.25, 0.3) is 0 Å². The molecule has 0 spiro atoms. The largest absolute Gasteiger partial charge is 0.497 e. The van der Waals surface area contributed by atoms with E-state index < -0.39 is 29.4 Å². The molecule has 0 aliphatic carbocycles. The molecule has 0 radical (unpaired) electrons. The highest BCUT2D eigenvalue weighted by Gasteiger charge is 2.51. The number of amides is 4. The molecule has 3 aromatic carbocycles. The molecule has 1 unspecified atom stereocenters. The van der Waals surface area contributed by atoms with Crippen molar-refractivity contribution in [3.05, 3.63) is 102 Å². The summed E-state index contributed by atoms with van der Waals surface area (Å²) in [5.74, 6) is -0.227. The molecule has 2 N–H and O–H groups in total. The van der Waals surface area contributed by atoms with Crippen LogP contribution >= 0.6 is 0 Å². The van der Waals surface area contributed by atoms with E-state index >= 15 is 0 Å². The van der Waals surface area contributed by atoms with Crippen LogP contribution < -0.4 is 15.4 Å². The predicted octanol–water partition coefficient (Wildman–Crippen LogP) is 3.76. The Morgan fingerprint density at radius 1 is 0.941 bits per heavy atom. The van der Waals surface area contributed by atoms with Crippen LogP contribution in [0.2, 0.25) is 0 Å². The van der Waals surface area contributed by atoms with Gasteiger partial charge in [0.1, 0.15) is 17.8 Å². The molecule has 0 aromatic heterocycles. The molecule has 1 saturated heterocycles. The maximum atomic E-state index is 13.4. The molecule has 3 aromatic rings. The molecule has 4 amide bonds. The number of ether oxygens (including phenoxy) is 1. The fourth-order valence-electron chi connectivity index (χ4n) is 4.28. The van der Waals surface area contributed by atoms with Crippen molar-refractivity contribution in [2.24, 2.45) is 0 Å². The first kappa shape index (κ1) is 23.0. The van der Waals surface area contributed by atoms with Crippen LogP contribution in [0.5, 0.6) is 5.75 Å². The van der Waals surface area contributed by atoms with Crippen molar-refractivity contribution in [3.63, 3.8) is 0 Å². The predicted molar refractivity (Wildman–Crippen MR) is 128 cm³/mol. The number of hydrogen-bond donors (Lipinski definition) is 2. The van der Waals surface area contributed by atoms with E-state index in [4.69, 9.17) is 4.74 Å². The van der Waals surface area contributed by atoms with Gasteiger partial charge in [-0.05, 0) is 35.2 Å². The van der Waals surface area contributed by atoms with Crippen LogP contribution in [0, 0.1) is 0 Å². The van der Waals surface area contributed by atoms with Crippen LogP contribution in [0.15, 0.2) is 84.9 Å². The Morgan fingerprint density at radius 3 is 2.00 bits per heavy atom. The van der Waals surface area contributed by atoms with Gasteiger partial charge >= 0.3 is 6.03 Å². The Bertz CT molecular complexity index is 1130. The van der Waals surface area contributed by atoms with Gasteiger partial charge < -0.3 is 15.4 Å². The van der Waals surface area contributed by atoms with Crippen molar-refractivity contribution in [2.45, 2.75) is 24.9 Å². The number of benzene rings is 3. The summed E-state index contributed by atoms with van der Waals surface area (Å²) in [7, 11) is 1.56. The Balaban J connectivity index is 1.55. The smallest absolute Gasteiger partial charge is 0.325 e. The van der Waals surface area contributed by atoms with Gasteiger partial charge in [-0.2, -0.15) is 0 Å². The number of imide groups is 1. The lowest BCUT2D eigenvalue weighted by Crippen LogP contribution is -2.45. The standard InChI is InChI=1S/C27H27N3O4/c1-3-27(21-14-16-22(34-2)17-15-21)25(32)30(26(33)29-27)18-23(31)28-24(19-10-6-4-7-11-19)20-12-8-5-9-13-20/h4-17,24H,3,18H2,1-2H3,(H,28,31)(H,29,33). The lowest BCUT2D eigenvalue weighted by molar-refractivity contribution is -0.135. The van der Waals surface area contributed by atoms with Crippen molar-refractivity contribution >= 4 is 17.8 Å². The normalized spacial score (nSPS) is 17.6. The summed E-state index contributed by atoms with van der Waals surface area (Å²) in [4.78, 5) is 40.3. The van der Waals surface area contributed by atoms with Gasteiger partial charge in [0.05, 0.1) is 13.2 Å². The van der Waals surface area contributed by atoms with E-state index in [1.54, 1.807) is 31.4 Å². The number of hydrogen-bond acceptors (Lipinski definition) is 4. The van der Waals surface area contributed by atoms with Crippen molar-refractivity contribution in [2.75, 3.05) is 13.7 Å². The topological polar surface area (TPSA) is 87.7 Å². The van der Waals surface area contributed by atoms with Crippen molar-refractivity contribution in [1.29, 1.82) is 0 Å².